The summed E-state index contributed by atoms with van der Waals surface area (Å²) < 4.78 is 2.79. The second-order valence-corrected chi connectivity index (χ2v) is 4.60. The summed E-state index contributed by atoms with van der Waals surface area (Å²) in [6.07, 6.45) is 3.04. The second kappa shape index (κ2) is 4.09. The molecule has 0 bridgehead atoms. The molecular formula is C11H15N5O2. The monoisotopic (exact) mass is 249 g/mol. The lowest BCUT2D eigenvalue weighted by Gasteiger charge is -2.24. The van der Waals surface area contributed by atoms with E-state index in [1.54, 1.807) is 7.05 Å². The number of hydrogen-bond donors (Lipinski definition) is 2. The zero-order valence-electron chi connectivity index (χ0n) is 10.1. The lowest BCUT2D eigenvalue weighted by atomic mass is 10.1. The first kappa shape index (κ1) is 11.2. The first-order valence-electron chi connectivity index (χ1n) is 6.05. The molecule has 2 N–H and O–H groups in total. The zero-order chi connectivity index (χ0) is 12.7. The van der Waals surface area contributed by atoms with Crippen LogP contribution in [0, 0.1) is 0 Å². The van der Waals surface area contributed by atoms with E-state index in [4.69, 9.17) is 0 Å². The first-order valence-corrected chi connectivity index (χ1v) is 6.05. The molecule has 7 nitrogen and oxygen atoms in total. The van der Waals surface area contributed by atoms with Gasteiger partial charge in [0.15, 0.2) is 5.65 Å². The van der Waals surface area contributed by atoms with E-state index in [9.17, 15) is 9.59 Å². The van der Waals surface area contributed by atoms with E-state index in [0.29, 0.717) is 11.2 Å². The van der Waals surface area contributed by atoms with E-state index in [2.05, 4.69) is 15.3 Å². The molecule has 3 heterocycles. The van der Waals surface area contributed by atoms with Crippen molar-refractivity contribution in [2.75, 3.05) is 13.1 Å². The molecule has 0 unspecified atom stereocenters. The van der Waals surface area contributed by atoms with E-state index in [1.165, 1.54) is 15.5 Å². The Labute approximate surface area is 102 Å². The highest BCUT2D eigenvalue weighted by Gasteiger charge is 2.21. The highest BCUT2D eigenvalue weighted by Crippen LogP contribution is 2.15. The Morgan fingerprint density at radius 1 is 1.33 bits per heavy atom. The molecule has 1 fully saturated rings. The van der Waals surface area contributed by atoms with Crippen LogP contribution in [-0.4, -0.2) is 32.2 Å². The normalized spacial score (nSPS) is 17.4. The number of aromatic nitrogens is 4. The summed E-state index contributed by atoms with van der Waals surface area (Å²) in [5.74, 6) is 0. The van der Waals surface area contributed by atoms with Gasteiger partial charge in [-0.05, 0) is 25.9 Å². The number of imidazole rings is 1. The van der Waals surface area contributed by atoms with Gasteiger partial charge < -0.3 is 10.3 Å². The van der Waals surface area contributed by atoms with Crippen LogP contribution in [0.4, 0.5) is 0 Å². The van der Waals surface area contributed by atoms with Crippen molar-refractivity contribution in [2.45, 2.75) is 18.9 Å². The average molecular weight is 249 g/mol. The summed E-state index contributed by atoms with van der Waals surface area (Å²) in [5.41, 5.74) is 0.259. The van der Waals surface area contributed by atoms with Crippen molar-refractivity contribution in [3.8, 4) is 0 Å². The Balaban J connectivity index is 2.28. The Hall–Kier alpha value is -1.89. The third-order valence-corrected chi connectivity index (χ3v) is 3.54. The number of H-pyrrole nitrogens is 1. The van der Waals surface area contributed by atoms with Crippen molar-refractivity contribution in [3.05, 3.63) is 27.2 Å². The van der Waals surface area contributed by atoms with Gasteiger partial charge in [0.05, 0.1) is 6.33 Å². The summed E-state index contributed by atoms with van der Waals surface area (Å²) in [4.78, 5) is 31.4. The van der Waals surface area contributed by atoms with Crippen LogP contribution in [0.25, 0.3) is 11.2 Å². The van der Waals surface area contributed by atoms with Gasteiger partial charge in [0, 0.05) is 13.1 Å². The Kier molecular flexibility index (Phi) is 2.55. The predicted molar refractivity (Wildman–Crippen MR) is 66.7 cm³/mol. The molecule has 0 aliphatic carbocycles. The molecule has 2 aromatic rings. The molecule has 1 aliphatic heterocycles. The first-order chi connectivity index (χ1) is 8.70. The standard InChI is InChI=1S/C11H15N5O2/c1-15-9-8(13-6-14-9)10(17)16(11(15)18)7-2-4-12-5-3-7/h6-7,12H,2-5H2,1H3,(H,13,14). The molecule has 0 saturated carbocycles. The third-order valence-electron chi connectivity index (χ3n) is 3.54. The molecule has 0 amide bonds. The van der Waals surface area contributed by atoms with Crippen LogP contribution in [0.1, 0.15) is 18.9 Å². The molecule has 2 aromatic heterocycles. The van der Waals surface area contributed by atoms with Crippen molar-refractivity contribution >= 4 is 11.2 Å². The smallest absolute Gasteiger partial charge is 0.332 e. The molecule has 3 rings (SSSR count). The summed E-state index contributed by atoms with van der Waals surface area (Å²) in [6, 6.07) is -0.0230. The molecule has 1 aliphatic rings. The lowest BCUT2D eigenvalue weighted by molar-refractivity contribution is 0.347. The maximum Gasteiger partial charge on any atom is 0.332 e. The fourth-order valence-electron chi connectivity index (χ4n) is 2.55. The number of aromatic amines is 1. The van der Waals surface area contributed by atoms with E-state index in [1.807, 2.05) is 0 Å². The van der Waals surface area contributed by atoms with Crippen LogP contribution in [0.15, 0.2) is 15.9 Å². The summed E-state index contributed by atoms with van der Waals surface area (Å²) >= 11 is 0. The van der Waals surface area contributed by atoms with E-state index >= 15 is 0 Å². The summed E-state index contributed by atoms with van der Waals surface area (Å²) in [7, 11) is 1.64. The summed E-state index contributed by atoms with van der Waals surface area (Å²) in [6.45, 7) is 1.67. The minimum atomic E-state index is -0.286. The number of hydrogen-bond acceptors (Lipinski definition) is 4. The maximum absolute atomic E-state index is 12.3. The van der Waals surface area contributed by atoms with Crippen molar-refractivity contribution in [1.29, 1.82) is 0 Å². The van der Waals surface area contributed by atoms with Crippen LogP contribution in [0.5, 0.6) is 0 Å². The van der Waals surface area contributed by atoms with Crippen molar-refractivity contribution in [3.63, 3.8) is 0 Å². The fraction of sp³-hybridized carbons (Fsp3) is 0.545. The van der Waals surface area contributed by atoms with E-state index in [-0.39, 0.29) is 17.3 Å². The van der Waals surface area contributed by atoms with Gasteiger partial charge >= 0.3 is 5.69 Å². The highest BCUT2D eigenvalue weighted by atomic mass is 16.2. The van der Waals surface area contributed by atoms with E-state index < -0.39 is 0 Å². The topological polar surface area (TPSA) is 84.7 Å². The molecule has 0 aromatic carbocycles. The van der Waals surface area contributed by atoms with Crippen LogP contribution in [0.3, 0.4) is 0 Å². The third kappa shape index (κ3) is 1.51. The van der Waals surface area contributed by atoms with Gasteiger partial charge in [0.1, 0.15) is 5.52 Å². The predicted octanol–water partition coefficient (Wildman–Crippen LogP) is -0.652. The number of nitrogens with zero attached hydrogens (tertiary/aromatic N) is 3. The van der Waals surface area contributed by atoms with Gasteiger partial charge in [-0.1, -0.05) is 0 Å². The van der Waals surface area contributed by atoms with Gasteiger partial charge in [-0.15, -0.1) is 0 Å². The molecule has 96 valence electrons. The number of nitrogens with one attached hydrogen (secondary N) is 2. The Morgan fingerprint density at radius 3 is 2.78 bits per heavy atom. The minimum Gasteiger partial charge on any atom is -0.339 e. The molecule has 1 saturated heterocycles. The SMILES string of the molecule is Cn1c(=O)n(C2CCNCC2)c(=O)c2[nH]cnc21. The largest absolute Gasteiger partial charge is 0.339 e. The lowest BCUT2D eigenvalue weighted by Crippen LogP contribution is -2.44. The highest BCUT2D eigenvalue weighted by molar-refractivity contribution is 5.68. The Bertz CT molecular complexity index is 690. The fourth-order valence-corrected chi connectivity index (χ4v) is 2.55. The van der Waals surface area contributed by atoms with Gasteiger partial charge in [-0.25, -0.2) is 9.78 Å². The number of rotatable bonds is 1. The van der Waals surface area contributed by atoms with Crippen molar-refractivity contribution in [2.24, 2.45) is 7.05 Å². The molecular weight excluding hydrogens is 234 g/mol. The van der Waals surface area contributed by atoms with Gasteiger partial charge in [-0.3, -0.25) is 13.9 Å². The zero-order valence-corrected chi connectivity index (χ0v) is 10.1. The van der Waals surface area contributed by atoms with Crippen LogP contribution in [0.2, 0.25) is 0 Å². The molecule has 0 radical (unpaired) electrons. The van der Waals surface area contributed by atoms with E-state index in [0.717, 1.165) is 25.9 Å². The van der Waals surface area contributed by atoms with Gasteiger partial charge in [0.2, 0.25) is 0 Å². The van der Waals surface area contributed by atoms with Crippen LogP contribution < -0.4 is 16.6 Å². The van der Waals surface area contributed by atoms with Crippen molar-refractivity contribution < 1.29 is 0 Å². The van der Waals surface area contributed by atoms with Crippen LogP contribution in [-0.2, 0) is 7.05 Å². The maximum atomic E-state index is 12.3. The summed E-state index contributed by atoms with van der Waals surface area (Å²) in [5, 5.41) is 3.23. The van der Waals surface area contributed by atoms with Gasteiger partial charge in [0.25, 0.3) is 5.56 Å². The molecule has 7 heteroatoms. The minimum absolute atomic E-state index is 0.0230. The number of aryl methyl sites for hydroxylation is 1. The number of piperidine rings is 1. The number of fused-ring (bicyclic) bond motifs is 1. The Morgan fingerprint density at radius 2 is 2.06 bits per heavy atom. The average Bonchev–Trinajstić information content (AvgIpc) is 2.87. The molecule has 0 spiro atoms. The van der Waals surface area contributed by atoms with Gasteiger partial charge in [-0.2, -0.15) is 0 Å². The molecule has 18 heavy (non-hydrogen) atoms. The molecule has 0 atom stereocenters. The second-order valence-electron chi connectivity index (χ2n) is 4.60. The quantitative estimate of drug-likeness (QED) is 0.703. The van der Waals surface area contributed by atoms with Crippen molar-refractivity contribution in [1.82, 2.24) is 24.4 Å². The van der Waals surface area contributed by atoms with Crippen LogP contribution >= 0.6 is 0 Å².